The number of benzene rings is 1. The molecule has 1 unspecified atom stereocenters. The first-order chi connectivity index (χ1) is 12.1. The number of guanidine groups is 1. The van der Waals surface area contributed by atoms with Crippen molar-refractivity contribution >= 4 is 29.9 Å². The largest absolute Gasteiger partial charge is 0.493 e. The number of methoxy groups -OCH3 is 2. The van der Waals surface area contributed by atoms with Crippen molar-refractivity contribution in [3.05, 3.63) is 23.8 Å². The van der Waals surface area contributed by atoms with Crippen LogP contribution in [0.1, 0.15) is 38.3 Å². The molecule has 0 saturated heterocycles. The maximum atomic E-state index is 5.43. The normalized spacial score (nSPS) is 12.3. The molecule has 0 amide bonds. The van der Waals surface area contributed by atoms with E-state index >= 15 is 0 Å². The summed E-state index contributed by atoms with van der Waals surface area (Å²) in [4.78, 5) is 6.93. The third kappa shape index (κ3) is 7.99. The Morgan fingerprint density at radius 2 is 1.81 bits per heavy atom. The van der Waals surface area contributed by atoms with Crippen LogP contribution >= 0.6 is 24.0 Å². The Morgan fingerprint density at radius 3 is 2.35 bits per heavy atom. The minimum atomic E-state index is 0. The van der Waals surface area contributed by atoms with Gasteiger partial charge >= 0.3 is 0 Å². The van der Waals surface area contributed by atoms with Crippen LogP contribution in [0.5, 0.6) is 11.5 Å². The highest BCUT2D eigenvalue weighted by Crippen LogP contribution is 2.31. The van der Waals surface area contributed by atoms with Crippen LogP contribution in [0.2, 0.25) is 0 Å². The molecule has 1 atom stereocenters. The summed E-state index contributed by atoms with van der Waals surface area (Å²) in [6.07, 6.45) is 2.30. The lowest BCUT2D eigenvalue weighted by atomic mass is 10.1. The first-order valence-electron chi connectivity index (χ1n) is 8.97. The zero-order chi connectivity index (χ0) is 18.7. The number of rotatable bonds is 10. The van der Waals surface area contributed by atoms with Crippen LogP contribution in [0.25, 0.3) is 0 Å². The zero-order valence-corrected chi connectivity index (χ0v) is 19.3. The number of ether oxygens (including phenoxy) is 2. The van der Waals surface area contributed by atoms with Crippen molar-refractivity contribution in [1.82, 2.24) is 15.5 Å². The summed E-state index contributed by atoms with van der Waals surface area (Å²) in [5.74, 6) is 2.34. The summed E-state index contributed by atoms with van der Waals surface area (Å²) in [6, 6.07) is 6.19. The van der Waals surface area contributed by atoms with E-state index in [0.717, 1.165) is 42.5 Å². The van der Waals surface area contributed by atoms with Gasteiger partial charge in [0.1, 0.15) is 0 Å². The summed E-state index contributed by atoms with van der Waals surface area (Å²) in [6.45, 7) is 6.70. The van der Waals surface area contributed by atoms with Crippen LogP contribution < -0.4 is 20.1 Å². The molecule has 0 bridgehead atoms. The fraction of sp³-hybridized carbons (Fsp3) is 0.632. The quantitative estimate of drug-likeness (QED) is 0.234. The molecule has 1 aromatic carbocycles. The fourth-order valence-electron chi connectivity index (χ4n) is 2.53. The lowest BCUT2D eigenvalue weighted by Crippen LogP contribution is -2.38. The maximum absolute atomic E-state index is 5.43. The number of nitrogens with one attached hydrogen (secondary N) is 2. The van der Waals surface area contributed by atoms with Crippen LogP contribution in [0.15, 0.2) is 23.2 Å². The molecule has 2 N–H and O–H groups in total. The van der Waals surface area contributed by atoms with E-state index in [-0.39, 0.29) is 30.0 Å². The Hall–Kier alpha value is -1.22. The third-order valence-corrected chi connectivity index (χ3v) is 4.01. The molecule has 0 aromatic heterocycles. The van der Waals surface area contributed by atoms with Crippen molar-refractivity contribution in [2.45, 2.75) is 32.7 Å². The molecule has 0 heterocycles. The van der Waals surface area contributed by atoms with Crippen LogP contribution in [0.4, 0.5) is 0 Å². The predicted molar refractivity (Wildman–Crippen MR) is 120 cm³/mol. The highest BCUT2D eigenvalue weighted by Gasteiger charge is 2.16. The number of aliphatic imine (C=N–C) groups is 1. The van der Waals surface area contributed by atoms with Gasteiger partial charge in [-0.1, -0.05) is 19.4 Å². The van der Waals surface area contributed by atoms with Gasteiger partial charge in [-0.15, -0.1) is 24.0 Å². The summed E-state index contributed by atoms with van der Waals surface area (Å²) in [5, 5.41) is 6.69. The summed E-state index contributed by atoms with van der Waals surface area (Å²) >= 11 is 0. The SMILES string of the molecule is CCCCNC(=NCC(c1ccc(OC)c(OC)c1)N(C)C)NCC.I. The van der Waals surface area contributed by atoms with Gasteiger partial charge in [-0.05, 0) is 45.1 Å². The topological polar surface area (TPSA) is 58.1 Å². The molecule has 6 nitrogen and oxygen atoms in total. The van der Waals surface area contributed by atoms with Gasteiger partial charge in [-0.3, -0.25) is 4.99 Å². The minimum Gasteiger partial charge on any atom is -0.493 e. The molecule has 0 aliphatic rings. The van der Waals surface area contributed by atoms with Crippen molar-refractivity contribution < 1.29 is 9.47 Å². The van der Waals surface area contributed by atoms with Gasteiger partial charge in [-0.2, -0.15) is 0 Å². The Kier molecular flexibility index (Phi) is 13.3. The molecule has 0 spiro atoms. The molecule has 0 fully saturated rings. The van der Waals surface area contributed by atoms with Crippen LogP contribution in [0, 0.1) is 0 Å². The number of hydrogen-bond acceptors (Lipinski definition) is 4. The van der Waals surface area contributed by atoms with Crippen LogP contribution in [-0.2, 0) is 0 Å². The average molecular weight is 478 g/mol. The average Bonchev–Trinajstić information content (AvgIpc) is 2.61. The van der Waals surface area contributed by atoms with Gasteiger partial charge in [-0.25, -0.2) is 0 Å². The van der Waals surface area contributed by atoms with Crippen molar-refractivity contribution in [1.29, 1.82) is 0 Å². The number of halogens is 1. The Bertz CT molecular complexity index is 538. The first kappa shape index (κ1) is 24.8. The standard InChI is InChI=1S/C19H34N4O2.HI/c1-7-9-12-21-19(20-8-2)22-14-16(23(3)4)15-10-11-17(24-5)18(13-15)25-6;/h10-11,13,16H,7-9,12,14H2,1-6H3,(H2,20,21,22);1H. The van der Waals surface area contributed by atoms with Gasteiger partial charge < -0.3 is 25.0 Å². The smallest absolute Gasteiger partial charge is 0.191 e. The second-order valence-electron chi connectivity index (χ2n) is 6.09. The first-order valence-corrected chi connectivity index (χ1v) is 8.97. The van der Waals surface area contributed by atoms with Gasteiger partial charge in [0.15, 0.2) is 17.5 Å². The van der Waals surface area contributed by atoms with E-state index in [4.69, 9.17) is 14.5 Å². The molecule has 1 rings (SSSR count). The lowest BCUT2D eigenvalue weighted by molar-refractivity contribution is 0.303. The molecular weight excluding hydrogens is 443 g/mol. The van der Waals surface area contributed by atoms with E-state index in [9.17, 15) is 0 Å². The Labute approximate surface area is 175 Å². The van der Waals surface area contributed by atoms with E-state index < -0.39 is 0 Å². The third-order valence-electron chi connectivity index (χ3n) is 4.01. The lowest BCUT2D eigenvalue weighted by Gasteiger charge is -2.24. The summed E-state index contributed by atoms with van der Waals surface area (Å²) in [7, 11) is 7.43. The van der Waals surface area contributed by atoms with E-state index in [1.165, 1.54) is 6.42 Å². The Balaban J connectivity index is 0.00000625. The second-order valence-corrected chi connectivity index (χ2v) is 6.09. The van der Waals surface area contributed by atoms with Gasteiger partial charge in [0.05, 0.1) is 26.8 Å². The van der Waals surface area contributed by atoms with Gasteiger partial charge in [0, 0.05) is 13.1 Å². The molecule has 7 heteroatoms. The van der Waals surface area contributed by atoms with Crippen LogP contribution in [0.3, 0.4) is 0 Å². The van der Waals surface area contributed by atoms with E-state index in [2.05, 4.69) is 49.5 Å². The fourth-order valence-corrected chi connectivity index (χ4v) is 2.53. The summed E-state index contributed by atoms with van der Waals surface area (Å²) < 4.78 is 10.8. The molecule has 0 aliphatic heterocycles. The monoisotopic (exact) mass is 478 g/mol. The summed E-state index contributed by atoms with van der Waals surface area (Å²) in [5.41, 5.74) is 1.15. The van der Waals surface area contributed by atoms with Crippen LogP contribution in [-0.4, -0.2) is 58.8 Å². The van der Waals surface area contributed by atoms with E-state index in [1.54, 1.807) is 14.2 Å². The highest BCUT2D eigenvalue weighted by atomic mass is 127. The van der Waals surface area contributed by atoms with Crippen molar-refractivity contribution in [3.63, 3.8) is 0 Å². The zero-order valence-electron chi connectivity index (χ0n) is 17.0. The molecule has 26 heavy (non-hydrogen) atoms. The second kappa shape index (κ2) is 13.9. The number of hydrogen-bond donors (Lipinski definition) is 2. The molecule has 150 valence electrons. The molecule has 0 saturated carbocycles. The maximum Gasteiger partial charge on any atom is 0.191 e. The van der Waals surface area contributed by atoms with Crippen molar-refractivity contribution in [2.24, 2.45) is 4.99 Å². The molecule has 0 radical (unpaired) electrons. The van der Waals surface area contributed by atoms with E-state index in [0.29, 0.717) is 6.54 Å². The number of nitrogens with zero attached hydrogens (tertiary/aromatic N) is 2. The van der Waals surface area contributed by atoms with Crippen molar-refractivity contribution in [2.75, 3.05) is 47.9 Å². The Morgan fingerprint density at radius 1 is 1.12 bits per heavy atom. The van der Waals surface area contributed by atoms with E-state index in [1.807, 2.05) is 12.1 Å². The molecule has 1 aromatic rings. The van der Waals surface area contributed by atoms with Gasteiger partial charge in [0.2, 0.25) is 0 Å². The van der Waals surface area contributed by atoms with Gasteiger partial charge in [0.25, 0.3) is 0 Å². The predicted octanol–water partition coefficient (Wildman–Crippen LogP) is 3.28. The highest BCUT2D eigenvalue weighted by molar-refractivity contribution is 14.0. The number of likely N-dealkylation sites (N-methyl/N-ethyl adjacent to an activating group) is 1. The van der Waals surface area contributed by atoms with Crippen molar-refractivity contribution in [3.8, 4) is 11.5 Å². The molecular formula is C19H35IN4O2. The minimum absolute atomic E-state index is 0. The number of unbranched alkanes of at least 4 members (excludes halogenated alkanes) is 1. The molecule has 0 aliphatic carbocycles.